The number of fused-ring (bicyclic) bond motifs is 2. The molecule has 0 amide bonds. The molecule has 232 valence electrons. The molecule has 5 atom stereocenters. The largest absolute Gasteiger partial charge is 0.432 e. The van der Waals surface area contributed by atoms with E-state index < -0.39 is 64.0 Å². The van der Waals surface area contributed by atoms with Crippen LogP contribution in [-0.2, 0) is 23.1 Å². The molecule has 2 fully saturated rings. The second-order valence-electron chi connectivity index (χ2n) is 14.5. The Morgan fingerprint density at radius 1 is 1.00 bits per heavy atom. The van der Waals surface area contributed by atoms with E-state index in [1.54, 1.807) is 24.3 Å². The van der Waals surface area contributed by atoms with Crippen LogP contribution in [-0.4, -0.2) is 63.4 Å². The molecule has 1 N–H and O–H groups in total. The summed E-state index contributed by atoms with van der Waals surface area (Å²) >= 11 is 0. The number of benzene rings is 1. The number of hydrogen-bond acceptors (Lipinski definition) is 8. The third-order valence-corrected chi connectivity index (χ3v) is 18.4. The Labute approximate surface area is 249 Å². The van der Waals surface area contributed by atoms with Crippen molar-refractivity contribution >= 4 is 22.6 Å². The lowest BCUT2D eigenvalue weighted by molar-refractivity contribution is -0.221. The highest BCUT2D eigenvalue weighted by Gasteiger charge is 2.66. The van der Waals surface area contributed by atoms with Gasteiger partial charge in [0.05, 0.1) is 30.8 Å². The molecule has 0 saturated carbocycles. The van der Waals surface area contributed by atoms with Crippen LogP contribution in [0.5, 0.6) is 0 Å². The number of carbonyl (C=O) groups is 1. The fourth-order valence-corrected chi connectivity index (χ4v) is 7.10. The molecule has 1 aromatic carbocycles. The number of aromatic amines is 1. The van der Waals surface area contributed by atoms with Crippen molar-refractivity contribution in [2.45, 2.75) is 102 Å². The standard InChI is InChI=1S/C30H46N2O8Si2/c1-28(2,3)41(7,8)37-19-30-18-36-26(38-25(34)20-14-12-11-13-15-20)22(23(30)40-42(9,10)29(4,5)6)24(39-30)32-17-16-21(33)31-27(32)35/h11-17,22-24,26H,18-19H2,1-10H3,(H,31,33,35)/t22-,23+,24-,26?,30-/m1/s1. The quantitative estimate of drug-likeness (QED) is 0.323. The van der Waals surface area contributed by atoms with Gasteiger partial charge in [-0.2, -0.15) is 0 Å². The topological polar surface area (TPSA) is 118 Å². The molecule has 2 bridgehead atoms. The first kappa shape index (κ1) is 32.6. The van der Waals surface area contributed by atoms with Crippen LogP contribution in [0.15, 0.2) is 52.2 Å². The minimum Gasteiger partial charge on any atom is -0.432 e. The van der Waals surface area contributed by atoms with E-state index in [4.69, 9.17) is 23.1 Å². The maximum atomic E-state index is 13.2. The Morgan fingerprint density at radius 2 is 1.62 bits per heavy atom. The molecule has 2 aliphatic rings. The van der Waals surface area contributed by atoms with E-state index in [0.29, 0.717) is 5.56 Å². The fraction of sp³-hybridized carbons (Fsp3) is 0.633. The summed E-state index contributed by atoms with van der Waals surface area (Å²) in [6, 6.07) is 9.93. The lowest BCUT2D eigenvalue weighted by Gasteiger charge is -2.48. The van der Waals surface area contributed by atoms with Crippen LogP contribution in [0.4, 0.5) is 0 Å². The van der Waals surface area contributed by atoms with Crippen molar-refractivity contribution < 1.29 is 27.9 Å². The minimum atomic E-state index is -2.45. The van der Waals surface area contributed by atoms with Crippen LogP contribution in [0, 0.1) is 5.92 Å². The molecule has 4 rings (SSSR count). The number of hydrogen-bond donors (Lipinski definition) is 1. The Kier molecular flexibility index (Phi) is 8.75. The summed E-state index contributed by atoms with van der Waals surface area (Å²) in [5.74, 6) is -1.29. The van der Waals surface area contributed by atoms with E-state index >= 15 is 0 Å². The van der Waals surface area contributed by atoms with Gasteiger partial charge in [-0.3, -0.25) is 14.3 Å². The molecule has 0 spiro atoms. The van der Waals surface area contributed by atoms with Crippen LogP contribution in [0.1, 0.15) is 58.1 Å². The van der Waals surface area contributed by atoms with Crippen LogP contribution < -0.4 is 11.2 Å². The van der Waals surface area contributed by atoms with E-state index in [-0.39, 0.29) is 23.3 Å². The summed E-state index contributed by atoms with van der Waals surface area (Å²) in [5, 5.41) is -0.206. The second-order valence-corrected chi connectivity index (χ2v) is 24.0. The first-order valence-corrected chi connectivity index (χ1v) is 20.3. The number of ether oxygens (including phenoxy) is 3. The first-order chi connectivity index (χ1) is 19.3. The van der Waals surface area contributed by atoms with Crippen LogP contribution in [0.2, 0.25) is 36.3 Å². The van der Waals surface area contributed by atoms with Gasteiger partial charge in [-0.05, 0) is 48.4 Å². The van der Waals surface area contributed by atoms with Crippen LogP contribution in [0.3, 0.4) is 0 Å². The molecule has 0 radical (unpaired) electrons. The number of esters is 1. The lowest BCUT2D eigenvalue weighted by atomic mass is 9.87. The lowest BCUT2D eigenvalue weighted by Crippen LogP contribution is -2.62. The predicted octanol–water partition coefficient (Wildman–Crippen LogP) is 5.05. The summed E-state index contributed by atoms with van der Waals surface area (Å²) in [7, 11) is -4.69. The van der Waals surface area contributed by atoms with Crippen LogP contribution in [0.25, 0.3) is 0 Å². The van der Waals surface area contributed by atoms with Crippen molar-refractivity contribution in [2.24, 2.45) is 5.92 Å². The summed E-state index contributed by atoms with van der Waals surface area (Å²) in [4.78, 5) is 40.6. The second kappa shape index (κ2) is 11.3. The first-order valence-electron chi connectivity index (χ1n) is 14.5. The zero-order valence-corrected chi connectivity index (χ0v) is 28.5. The van der Waals surface area contributed by atoms with Gasteiger partial charge in [0.25, 0.3) is 5.56 Å². The van der Waals surface area contributed by atoms with Gasteiger partial charge in [0, 0.05) is 12.3 Å². The van der Waals surface area contributed by atoms with Gasteiger partial charge in [0.1, 0.15) is 5.60 Å². The van der Waals surface area contributed by atoms with Crippen molar-refractivity contribution in [3.8, 4) is 0 Å². The molecule has 2 aliphatic heterocycles. The van der Waals surface area contributed by atoms with E-state index in [1.807, 2.05) is 6.07 Å². The van der Waals surface area contributed by atoms with Gasteiger partial charge in [0.15, 0.2) is 22.9 Å². The molecule has 12 heteroatoms. The van der Waals surface area contributed by atoms with Gasteiger partial charge >= 0.3 is 11.7 Å². The summed E-state index contributed by atoms with van der Waals surface area (Å²) in [6.45, 7) is 21.8. The third-order valence-electron chi connectivity index (χ3n) is 9.43. The molecule has 2 saturated heterocycles. The number of nitrogens with zero attached hydrogens (tertiary/aromatic N) is 1. The number of H-pyrrole nitrogens is 1. The summed E-state index contributed by atoms with van der Waals surface area (Å²) in [5.41, 5.74) is -1.88. The Bertz CT molecular complexity index is 1390. The zero-order valence-electron chi connectivity index (χ0n) is 26.5. The van der Waals surface area contributed by atoms with Crippen molar-refractivity contribution in [1.29, 1.82) is 0 Å². The maximum absolute atomic E-state index is 13.2. The highest BCUT2D eigenvalue weighted by atomic mass is 28.4. The number of aromatic nitrogens is 2. The van der Waals surface area contributed by atoms with Gasteiger partial charge < -0.3 is 23.1 Å². The van der Waals surface area contributed by atoms with E-state index in [1.165, 1.54) is 16.8 Å². The highest BCUT2D eigenvalue weighted by Crippen LogP contribution is 2.53. The monoisotopic (exact) mass is 618 g/mol. The maximum Gasteiger partial charge on any atom is 0.340 e. The molecule has 0 aliphatic carbocycles. The molecule has 3 heterocycles. The van der Waals surface area contributed by atoms with Crippen molar-refractivity contribution in [2.75, 3.05) is 13.2 Å². The third kappa shape index (κ3) is 6.29. The van der Waals surface area contributed by atoms with Gasteiger partial charge in [-0.25, -0.2) is 9.59 Å². The average Bonchev–Trinajstić information content (AvgIpc) is 3.07. The van der Waals surface area contributed by atoms with Crippen molar-refractivity contribution in [3.63, 3.8) is 0 Å². The Morgan fingerprint density at radius 3 is 2.19 bits per heavy atom. The number of rotatable bonds is 8. The van der Waals surface area contributed by atoms with E-state index in [9.17, 15) is 14.4 Å². The smallest absolute Gasteiger partial charge is 0.340 e. The zero-order chi connectivity index (χ0) is 31.3. The summed E-state index contributed by atoms with van der Waals surface area (Å²) in [6.07, 6.45) is -1.27. The molecular weight excluding hydrogens is 573 g/mol. The molecule has 1 unspecified atom stereocenters. The molecule has 2 aromatic rings. The number of nitrogens with one attached hydrogen (secondary N) is 1. The predicted molar refractivity (Wildman–Crippen MR) is 164 cm³/mol. The highest BCUT2D eigenvalue weighted by molar-refractivity contribution is 6.74. The molecular formula is C30H46N2O8Si2. The summed E-state index contributed by atoms with van der Waals surface area (Å²) < 4.78 is 34.2. The van der Waals surface area contributed by atoms with E-state index in [0.717, 1.165) is 0 Å². The van der Waals surface area contributed by atoms with Gasteiger partial charge in [-0.1, -0.05) is 59.7 Å². The normalized spacial score (nSPS) is 26.7. The van der Waals surface area contributed by atoms with Gasteiger partial charge in [0.2, 0.25) is 6.29 Å². The average molecular weight is 619 g/mol. The van der Waals surface area contributed by atoms with Crippen molar-refractivity contribution in [1.82, 2.24) is 9.55 Å². The SMILES string of the molecule is CC(C)(C)[Si](C)(C)OC[C@@]12COC(OC(=O)c3ccccc3)[C@@H]([C@H](n3ccc(=O)[nH]c3=O)O1)[C@@H]2O[Si](C)(C)C(C)(C)C. The van der Waals surface area contributed by atoms with Crippen molar-refractivity contribution in [3.05, 3.63) is 69.0 Å². The Balaban J connectivity index is 1.82. The minimum absolute atomic E-state index is 0.0265. The molecule has 42 heavy (non-hydrogen) atoms. The molecule has 10 nitrogen and oxygen atoms in total. The Hall–Kier alpha value is -2.36. The van der Waals surface area contributed by atoms with Gasteiger partial charge in [-0.15, -0.1) is 0 Å². The molecule has 1 aromatic heterocycles. The fourth-order valence-electron chi connectivity index (χ4n) is 4.70. The number of carbonyl (C=O) groups excluding carboxylic acids is 1. The van der Waals surface area contributed by atoms with E-state index in [2.05, 4.69) is 72.7 Å². The van der Waals surface area contributed by atoms with Crippen LogP contribution >= 0.6 is 0 Å².